The van der Waals surface area contributed by atoms with Gasteiger partial charge in [-0.3, -0.25) is 9.69 Å². The first-order valence-electron chi connectivity index (χ1n) is 17.0. The molecule has 266 valence electrons. The Kier molecular flexibility index (Phi) is 8.54. The number of hydrogen-bond acceptors (Lipinski definition) is 8. The van der Waals surface area contributed by atoms with E-state index in [-0.39, 0.29) is 52.3 Å². The molecule has 0 radical (unpaired) electrons. The number of rotatable bonds is 9. The highest BCUT2D eigenvalue weighted by Crippen LogP contribution is 2.38. The van der Waals surface area contributed by atoms with Crippen LogP contribution in [0.4, 0.5) is 14.6 Å². The third kappa shape index (κ3) is 6.41. The Balaban J connectivity index is 1.05. The number of fused-ring (bicyclic) bond motifs is 1. The van der Waals surface area contributed by atoms with E-state index >= 15 is 4.39 Å². The van der Waals surface area contributed by atoms with E-state index in [9.17, 15) is 17.6 Å². The highest BCUT2D eigenvalue weighted by atomic mass is 32.2. The van der Waals surface area contributed by atoms with E-state index in [0.29, 0.717) is 70.7 Å². The van der Waals surface area contributed by atoms with Crippen LogP contribution in [-0.4, -0.2) is 70.6 Å². The van der Waals surface area contributed by atoms with Crippen molar-refractivity contribution in [2.24, 2.45) is 0 Å². The van der Waals surface area contributed by atoms with Crippen LogP contribution in [0.5, 0.6) is 17.2 Å². The van der Waals surface area contributed by atoms with Gasteiger partial charge in [0.2, 0.25) is 5.78 Å². The topological polar surface area (TPSA) is 133 Å². The Morgan fingerprint density at radius 1 is 0.885 bits per heavy atom. The van der Waals surface area contributed by atoms with Gasteiger partial charge in [-0.05, 0) is 79.9 Å². The minimum absolute atomic E-state index is 0.0598. The Bertz CT molecular complexity index is 2440. The van der Waals surface area contributed by atoms with Gasteiger partial charge in [0.15, 0.2) is 21.4 Å². The molecular formula is C39H35F2N5O5S. The summed E-state index contributed by atoms with van der Waals surface area (Å²) in [5.41, 5.74) is 9.77. The second kappa shape index (κ2) is 13.2. The lowest BCUT2D eigenvalue weighted by Gasteiger charge is -2.41. The summed E-state index contributed by atoms with van der Waals surface area (Å²) in [5, 5.41) is 5.09. The van der Waals surface area contributed by atoms with Crippen molar-refractivity contribution in [3.8, 4) is 34.1 Å². The number of nitrogens with zero attached hydrogens (tertiary/aromatic N) is 3. The molecule has 52 heavy (non-hydrogen) atoms. The Morgan fingerprint density at radius 2 is 1.62 bits per heavy atom. The quantitative estimate of drug-likeness (QED) is 0.155. The number of nitrogens with two attached hydrogens (primary N) is 1. The van der Waals surface area contributed by atoms with Crippen LogP contribution in [-0.2, 0) is 9.84 Å². The zero-order valence-electron chi connectivity index (χ0n) is 28.2. The van der Waals surface area contributed by atoms with Crippen LogP contribution in [0.3, 0.4) is 0 Å². The van der Waals surface area contributed by atoms with E-state index in [0.717, 1.165) is 0 Å². The van der Waals surface area contributed by atoms with Crippen molar-refractivity contribution in [3.63, 3.8) is 0 Å². The van der Waals surface area contributed by atoms with Gasteiger partial charge >= 0.3 is 0 Å². The van der Waals surface area contributed by atoms with Gasteiger partial charge in [0.05, 0.1) is 34.6 Å². The second-order valence-corrected chi connectivity index (χ2v) is 15.5. The van der Waals surface area contributed by atoms with Crippen molar-refractivity contribution in [3.05, 3.63) is 120 Å². The van der Waals surface area contributed by atoms with Crippen LogP contribution in [0, 0.1) is 18.6 Å². The average Bonchev–Trinajstić information content (AvgIpc) is 3.72. The van der Waals surface area contributed by atoms with Crippen molar-refractivity contribution in [1.29, 1.82) is 0 Å². The average molecular weight is 724 g/mol. The fourth-order valence-corrected chi connectivity index (χ4v) is 8.46. The maximum absolute atomic E-state index is 15.2. The van der Waals surface area contributed by atoms with Crippen molar-refractivity contribution in [2.75, 3.05) is 30.3 Å². The molecule has 0 unspecified atom stereocenters. The van der Waals surface area contributed by atoms with Gasteiger partial charge in [-0.1, -0.05) is 30.3 Å². The van der Waals surface area contributed by atoms with E-state index in [2.05, 4.69) is 15.0 Å². The van der Waals surface area contributed by atoms with E-state index in [1.165, 1.54) is 23.0 Å². The molecule has 8 rings (SSSR count). The summed E-state index contributed by atoms with van der Waals surface area (Å²) in [6, 6.07) is 23.2. The summed E-state index contributed by atoms with van der Waals surface area (Å²) in [5.74, 6) is 0.338. The van der Waals surface area contributed by atoms with Crippen molar-refractivity contribution in [1.82, 2.24) is 19.7 Å². The highest BCUT2D eigenvalue weighted by molar-refractivity contribution is 7.92. The normalized spacial score (nSPS) is 16.5. The third-order valence-electron chi connectivity index (χ3n) is 9.82. The fourth-order valence-electron chi connectivity index (χ4n) is 6.97. The molecule has 2 aliphatic heterocycles. The number of aryl methyl sites for hydroxylation is 1. The number of para-hydroxylation sites is 1. The summed E-state index contributed by atoms with van der Waals surface area (Å²) in [4.78, 5) is 19.2. The van der Waals surface area contributed by atoms with Crippen LogP contribution >= 0.6 is 0 Å². The summed E-state index contributed by atoms with van der Waals surface area (Å²) in [6.45, 7) is 3.24. The van der Waals surface area contributed by atoms with E-state index < -0.39 is 21.5 Å². The predicted octanol–water partition coefficient (Wildman–Crippen LogP) is 6.85. The van der Waals surface area contributed by atoms with Crippen LogP contribution in [0.15, 0.2) is 91.1 Å². The van der Waals surface area contributed by atoms with Crippen LogP contribution in [0.25, 0.3) is 27.7 Å². The molecule has 0 aliphatic carbocycles. The number of nitrogens with one attached hydrogen (secondary N) is 1. The van der Waals surface area contributed by atoms with Crippen LogP contribution in [0.1, 0.15) is 34.5 Å². The smallest absolute Gasteiger partial charge is 0.214 e. The van der Waals surface area contributed by atoms with E-state index in [1.807, 2.05) is 13.0 Å². The number of halogens is 2. The zero-order chi connectivity index (χ0) is 36.1. The zero-order valence-corrected chi connectivity index (χ0v) is 29.0. The van der Waals surface area contributed by atoms with Crippen molar-refractivity contribution in [2.45, 2.75) is 31.9 Å². The number of hydrogen-bond donors (Lipinski definition) is 2. The molecule has 4 heterocycles. The minimum Gasteiger partial charge on any atom is -0.490 e. The number of aromatic nitrogens is 3. The molecule has 0 atom stereocenters. The van der Waals surface area contributed by atoms with Gasteiger partial charge in [-0.2, -0.15) is 5.10 Å². The standard InChI is InChI=1S/C39H35F2N5O5S/c1-23-16-25(10-11-35(23)51-36-9-5-4-8-32(36)41)46-39(42)30(20-43-46)38(47)34-17-24-18-37(29(19-33(24)44-34)28-6-2-3-7-31(28)40)50-27-12-14-45(15-13-27)26-21-52(48,49)22-26/h2-11,16-20,26-27,44H,12-15,21-22,42H2,1H3. The molecule has 4 aromatic carbocycles. The molecular weight excluding hydrogens is 689 g/mol. The number of sulfone groups is 1. The fraction of sp³-hybridized carbons (Fsp3) is 0.231. The van der Waals surface area contributed by atoms with Crippen LogP contribution < -0.4 is 15.2 Å². The Labute approximate surface area is 298 Å². The summed E-state index contributed by atoms with van der Waals surface area (Å²) in [7, 11) is -2.91. The minimum atomic E-state index is -2.91. The molecule has 2 fully saturated rings. The third-order valence-corrected chi connectivity index (χ3v) is 11.6. The first-order valence-corrected chi connectivity index (χ1v) is 18.8. The molecule has 0 spiro atoms. The number of piperidine rings is 1. The van der Waals surface area contributed by atoms with E-state index in [4.69, 9.17) is 15.2 Å². The van der Waals surface area contributed by atoms with Crippen molar-refractivity contribution < 1.29 is 31.5 Å². The van der Waals surface area contributed by atoms with E-state index in [1.54, 1.807) is 66.7 Å². The maximum Gasteiger partial charge on any atom is 0.214 e. The lowest BCUT2D eigenvalue weighted by atomic mass is 10.0. The lowest BCUT2D eigenvalue weighted by molar-refractivity contribution is 0.0827. The van der Waals surface area contributed by atoms with Gasteiger partial charge in [0, 0.05) is 41.2 Å². The molecule has 2 saturated heterocycles. The monoisotopic (exact) mass is 723 g/mol. The molecule has 6 aromatic rings. The maximum atomic E-state index is 15.2. The highest BCUT2D eigenvalue weighted by Gasteiger charge is 2.39. The van der Waals surface area contributed by atoms with Crippen LogP contribution in [0.2, 0.25) is 0 Å². The number of carbonyl (C=O) groups excluding carboxylic acids is 1. The summed E-state index contributed by atoms with van der Waals surface area (Å²) < 4.78 is 66.5. The molecule has 2 aliphatic rings. The first-order chi connectivity index (χ1) is 25.0. The Hall–Kier alpha value is -5.53. The number of nitrogen functional groups attached to an aromatic ring is 1. The molecule has 0 saturated carbocycles. The molecule has 3 N–H and O–H groups in total. The van der Waals surface area contributed by atoms with Gasteiger partial charge in [0.25, 0.3) is 0 Å². The largest absolute Gasteiger partial charge is 0.490 e. The second-order valence-electron chi connectivity index (χ2n) is 13.3. The van der Waals surface area contributed by atoms with Gasteiger partial charge in [-0.15, -0.1) is 0 Å². The number of likely N-dealkylation sites (tertiary alicyclic amines) is 1. The number of carbonyl (C=O) groups is 1. The number of anilines is 1. The van der Waals surface area contributed by atoms with Crippen molar-refractivity contribution >= 4 is 32.3 Å². The van der Waals surface area contributed by atoms with Gasteiger partial charge < -0.3 is 20.2 Å². The lowest BCUT2D eigenvalue weighted by Crippen LogP contribution is -2.56. The summed E-state index contributed by atoms with van der Waals surface area (Å²) in [6.07, 6.45) is 2.66. The van der Waals surface area contributed by atoms with Gasteiger partial charge in [0.1, 0.15) is 29.2 Å². The molecule has 2 aromatic heterocycles. The molecule has 0 bridgehead atoms. The number of H-pyrrole nitrogens is 1. The number of aromatic amines is 1. The SMILES string of the molecule is Cc1cc(-n2ncc(C(=O)c3cc4cc(OC5CCN(C6CS(=O)(=O)C6)CC5)c(-c5ccccc5F)cc4[nH]3)c2N)ccc1Oc1ccccc1F. The number of ketones is 1. The number of benzene rings is 4. The Morgan fingerprint density at radius 3 is 2.33 bits per heavy atom. The number of ether oxygens (including phenoxy) is 2. The van der Waals surface area contributed by atoms with Gasteiger partial charge in [-0.25, -0.2) is 21.9 Å². The summed E-state index contributed by atoms with van der Waals surface area (Å²) >= 11 is 0. The predicted molar refractivity (Wildman–Crippen MR) is 194 cm³/mol. The molecule has 0 amide bonds. The first kappa shape index (κ1) is 33.6. The molecule has 13 heteroatoms. The molecule has 10 nitrogen and oxygen atoms in total.